The minimum absolute atomic E-state index is 0.0477. The molecule has 1 N–H and O–H groups in total. The first-order valence-electron chi connectivity index (χ1n) is 5.93. The van der Waals surface area contributed by atoms with Gasteiger partial charge in [-0.25, -0.2) is 9.97 Å². The molecule has 2 aromatic carbocycles. The van der Waals surface area contributed by atoms with Crippen molar-refractivity contribution in [2.24, 2.45) is 0 Å². The van der Waals surface area contributed by atoms with Gasteiger partial charge >= 0.3 is 13.5 Å². The third kappa shape index (κ3) is 2.56. The van der Waals surface area contributed by atoms with E-state index in [9.17, 15) is 0 Å². The van der Waals surface area contributed by atoms with Crippen molar-refractivity contribution < 1.29 is 9.76 Å². The minimum Gasteiger partial charge on any atom is -0.449 e. The Labute approximate surface area is 111 Å². The van der Waals surface area contributed by atoms with Gasteiger partial charge in [-0.2, -0.15) is 0 Å². The van der Waals surface area contributed by atoms with Crippen LogP contribution in [0.3, 0.4) is 0 Å². The summed E-state index contributed by atoms with van der Waals surface area (Å²) in [6.07, 6.45) is 3.27. The molecule has 5 heteroatoms. The quantitative estimate of drug-likeness (QED) is 0.713. The van der Waals surface area contributed by atoms with E-state index in [2.05, 4.69) is 9.97 Å². The van der Waals surface area contributed by atoms with E-state index in [1.54, 1.807) is 18.5 Å². The number of nitrogens with zero attached hydrogens (tertiary/aromatic N) is 2. The van der Waals surface area contributed by atoms with Crippen LogP contribution < -0.4 is 10.2 Å². The summed E-state index contributed by atoms with van der Waals surface area (Å²) in [6, 6.07) is 13.6. The van der Waals surface area contributed by atoms with Crippen LogP contribution in [0.15, 0.2) is 54.9 Å². The summed E-state index contributed by atoms with van der Waals surface area (Å²) in [5, 5.41) is 11.2. The van der Waals surface area contributed by atoms with E-state index in [1.807, 2.05) is 36.4 Å². The molecule has 92 valence electrons. The van der Waals surface area contributed by atoms with E-state index in [4.69, 9.17) is 9.76 Å². The highest BCUT2D eigenvalue weighted by atomic mass is 16.5. The molecular formula is C14H11BN2O2. The standard InChI is InChI=1S/C14H11BN2O2/c18-15-12-4-2-11-9-13(5-3-10(11)8-12)19-14-16-6-1-7-17-14/h1-9,15,18H. The Balaban J connectivity index is 1.94. The van der Waals surface area contributed by atoms with Crippen molar-refractivity contribution in [2.75, 3.05) is 0 Å². The van der Waals surface area contributed by atoms with Gasteiger partial charge in [-0.05, 0) is 29.0 Å². The Morgan fingerprint density at radius 1 is 0.947 bits per heavy atom. The van der Waals surface area contributed by atoms with Crippen molar-refractivity contribution in [2.45, 2.75) is 0 Å². The highest BCUT2D eigenvalue weighted by molar-refractivity contribution is 6.46. The summed E-state index contributed by atoms with van der Waals surface area (Å²) >= 11 is 0. The van der Waals surface area contributed by atoms with Crippen molar-refractivity contribution in [1.82, 2.24) is 9.97 Å². The first kappa shape index (κ1) is 11.7. The molecule has 0 spiro atoms. The van der Waals surface area contributed by atoms with Crippen LogP contribution in [-0.4, -0.2) is 22.5 Å². The molecular weight excluding hydrogens is 239 g/mol. The van der Waals surface area contributed by atoms with Gasteiger partial charge in [-0.1, -0.05) is 29.7 Å². The molecule has 0 unspecified atom stereocenters. The van der Waals surface area contributed by atoms with Gasteiger partial charge < -0.3 is 9.76 Å². The topological polar surface area (TPSA) is 55.2 Å². The van der Waals surface area contributed by atoms with Crippen LogP contribution in [0.2, 0.25) is 0 Å². The molecule has 0 atom stereocenters. The molecule has 0 bridgehead atoms. The van der Waals surface area contributed by atoms with Gasteiger partial charge in [-0.15, -0.1) is 0 Å². The molecule has 0 radical (unpaired) electrons. The molecule has 0 saturated heterocycles. The largest absolute Gasteiger partial charge is 0.449 e. The maximum atomic E-state index is 9.11. The summed E-state index contributed by atoms with van der Waals surface area (Å²) in [7, 11) is 0.0477. The van der Waals surface area contributed by atoms with Crippen LogP contribution in [0.5, 0.6) is 11.8 Å². The second-order valence-electron chi connectivity index (χ2n) is 4.13. The van der Waals surface area contributed by atoms with E-state index in [0.29, 0.717) is 11.8 Å². The predicted molar refractivity (Wildman–Crippen MR) is 75.1 cm³/mol. The van der Waals surface area contributed by atoms with E-state index >= 15 is 0 Å². The maximum absolute atomic E-state index is 9.11. The van der Waals surface area contributed by atoms with Crippen LogP contribution in [-0.2, 0) is 0 Å². The molecule has 4 nitrogen and oxygen atoms in total. The normalized spacial score (nSPS) is 10.4. The molecule has 1 heterocycles. The van der Waals surface area contributed by atoms with Gasteiger partial charge in [0.25, 0.3) is 0 Å². The zero-order valence-corrected chi connectivity index (χ0v) is 10.2. The lowest BCUT2D eigenvalue weighted by Crippen LogP contribution is -2.12. The highest BCUT2D eigenvalue weighted by Crippen LogP contribution is 2.22. The van der Waals surface area contributed by atoms with E-state index < -0.39 is 0 Å². The summed E-state index contributed by atoms with van der Waals surface area (Å²) in [6.45, 7) is 0. The van der Waals surface area contributed by atoms with Gasteiger partial charge in [0.15, 0.2) is 0 Å². The van der Waals surface area contributed by atoms with Gasteiger partial charge in [0.05, 0.1) is 0 Å². The fraction of sp³-hybridized carbons (Fsp3) is 0. The summed E-state index contributed by atoms with van der Waals surface area (Å²) in [5.74, 6) is 0.690. The second-order valence-corrected chi connectivity index (χ2v) is 4.13. The fourth-order valence-corrected chi connectivity index (χ4v) is 1.88. The maximum Gasteiger partial charge on any atom is 0.321 e. The number of benzene rings is 2. The van der Waals surface area contributed by atoms with Crippen LogP contribution in [0, 0.1) is 0 Å². The van der Waals surface area contributed by atoms with Crippen molar-refractivity contribution >= 4 is 23.7 Å². The SMILES string of the molecule is OBc1ccc2cc(Oc3ncccn3)ccc2c1. The molecule has 0 aliphatic rings. The van der Waals surface area contributed by atoms with Crippen LogP contribution >= 0.6 is 0 Å². The lowest BCUT2D eigenvalue weighted by Gasteiger charge is -2.05. The lowest BCUT2D eigenvalue weighted by atomic mass is 9.87. The minimum atomic E-state index is 0.0477. The van der Waals surface area contributed by atoms with Crippen molar-refractivity contribution in [1.29, 1.82) is 0 Å². The first-order chi connectivity index (χ1) is 9.35. The summed E-state index contributed by atoms with van der Waals surface area (Å²) < 4.78 is 5.57. The Morgan fingerprint density at radius 2 is 1.68 bits per heavy atom. The molecule has 19 heavy (non-hydrogen) atoms. The smallest absolute Gasteiger partial charge is 0.321 e. The number of rotatable bonds is 3. The molecule has 0 aliphatic heterocycles. The van der Waals surface area contributed by atoms with Gasteiger partial charge in [0.1, 0.15) is 5.75 Å². The van der Waals surface area contributed by atoms with Gasteiger partial charge in [0, 0.05) is 12.4 Å². The zero-order chi connectivity index (χ0) is 13.1. The number of hydrogen-bond acceptors (Lipinski definition) is 4. The Morgan fingerprint density at radius 3 is 2.47 bits per heavy atom. The van der Waals surface area contributed by atoms with Crippen LogP contribution in [0.1, 0.15) is 0 Å². The highest BCUT2D eigenvalue weighted by Gasteiger charge is 2.02. The average molecular weight is 250 g/mol. The lowest BCUT2D eigenvalue weighted by molar-refractivity contribution is 0.442. The Bertz CT molecular complexity index is 704. The molecule has 0 fully saturated rings. The third-order valence-corrected chi connectivity index (χ3v) is 2.81. The van der Waals surface area contributed by atoms with Crippen LogP contribution in [0.4, 0.5) is 0 Å². The molecule has 0 aliphatic carbocycles. The Hall–Kier alpha value is -2.40. The summed E-state index contributed by atoms with van der Waals surface area (Å²) in [4.78, 5) is 8.03. The molecule has 3 rings (SSSR count). The van der Waals surface area contributed by atoms with Crippen molar-refractivity contribution in [3.05, 3.63) is 54.9 Å². The van der Waals surface area contributed by atoms with E-state index in [0.717, 1.165) is 16.2 Å². The average Bonchev–Trinajstić information content (AvgIpc) is 2.48. The Kier molecular flexibility index (Phi) is 3.12. The third-order valence-electron chi connectivity index (χ3n) is 2.81. The fourth-order valence-electron chi connectivity index (χ4n) is 1.88. The van der Waals surface area contributed by atoms with Gasteiger partial charge in [0.2, 0.25) is 0 Å². The van der Waals surface area contributed by atoms with Gasteiger partial charge in [-0.3, -0.25) is 0 Å². The predicted octanol–water partition coefficient (Wildman–Crippen LogP) is 1.39. The molecule has 3 aromatic rings. The molecule has 1 aromatic heterocycles. The number of hydrogen-bond donors (Lipinski definition) is 1. The zero-order valence-electron chi connectivity index (χ0n) is 10.2. The van der Waals surface area contributed by atoms with E-state index in [-0.39, 0.29) is 7.48 Å². The molecule has 0 saturated carbocycles. The van der Waals surface area contributed by atoms with E-state index in [1.165, 1.54) is 0 Å². The number of fused-ring (bicyclic) bond motifs is 1. The number of ether oxygens (including phenoxy) is 1. The van der Waals surface area contributed by atoms with Crippen LogP contribution in [0.25, 0.3) is 10.8 Å². The first-order valence-corrected chi connectivity index (χ1v) is 5.93. The second kappa shape index (κ2) is 5.08. The summed E-state index contributed by atoms with van der Waals surface area (Å²) in [5.41, 5.74) is 0.896. The van der Waals surface area contributed by atoms with Crippen molar-refractivity contribution in [3.8, 4) is 11.8 Å². The molecule has 0 amide bonds. The van der Waals surface area contributed by atoms with Crippen molar-refractivity contribution in [3.63, 3.8) is 0 Å². The number of aromatic nitrogens is 2. The monoisotopic (exact) mass is 250 g/mol.